The van der Waals surface area contributed by atoms with E-state index in [9.17, 15) is 0 Å². The van der Waals surface area contributed by atoms with Crippen molar-refractivity contribution in [3.05, 3.63) is 28.4 Å². The third-order valence-electron chi connectivity index (χ3n) is 3.14. The van der Waals surface area contributed by atoms with Crippen LogP contribution in [0.5, 0.6) is 11.5 Å². The maximum atomic E-state index is 5.43. The number of benzene rings is 1. The first-order valence-corrected chi connectivity index (χ1v) is 7.40. The van der Waals surface area contributed by atoms with Crippen LogP contribution in [0.15, 0.2) is 22.7 Å². The van der Waals surface area contributed by atoms with E-state index in [1.807, 2.05) is 25.2 Å². The summed E-state index contributed by atoms with van der Waals surface area (Å²) in [6.45, 7) is 2.06. The average Bonchev–Trinajstić information content (AvgIpc) is 2.54. The van der Waals surface area contributed by atoms with Crippen LogP contribution in [-0.2, 0) is 6.42 Å². The zero-order chi connectivity index (χ0) is 15.4. The quantitative estimate of drug-likeness (QED) is 0.892. The highest BCUT2D eigenvalue weighted by Crippen LogP contribution is 2.34. The first-order valence-electron chi connectivity index (χ1n) is 6.61. The topological polar surface area (TPSA) is 56.3 Å². The largest absolute Gasteiger partial charge is 0.497 e. The molecule has 6 heteroatoms. The lowest BCUT2D eigenvalue weighted by molar-refractivity contribution is 0.395. The van der Waals surface area contributed by atoms with Crippen LogP contribution >= 0.6 is 15.9 Å². The minimum atomic E-state index is 0.624. The molecule has 112 valence electrons. The Morgan fingerprint density at radius 1 is 1.19 bits per heavy atom. The van der Waals surface area contributed by atoms with Crippen LogP contribution in [0.25, 0.3) is 11.4 Å². The van der Waals surface area contributed by atoms with Crippen LogP contribution in [0.1, 0.15) is 12.6 Å². The molecule has 0 aliphatic rings. The van der Waals surface area contributed by atoms with Gasteiger partial charge in [-0.15, -0.1) is 0 Å². The highest BCUT2D eigenvalue weighted by atomic mass is 79.9. The second-order valence-electron chi connectivity index (χ2n) is 4.33. The van der Waals surface area contributed by atoms with Gasteiger partial charge in [0.05, 0.1) is 29.9 Å². The van der Waals surface area contributed by atoms with Gasteiger partial charge in [0.25, 0.3) is 0 Å². The van der Waals surface area contributed by atoms with Gasteiger partial charge in [0.1, 0.15) is 17.3 Å². The van der Waals surface area contributed by atoms with Gasteiger partial charge >= 0.3 is 0 Å². The monoisotopic (exact) mass is 351 g/mol. The summed E-state index contributed by atoms with van der Waals surface area (Å²) in [6, 6.07) is 5.60. The molecule has 0 saturated carbocycles. The zero-order valence-corrected chi connectivity index (χ0v) is 14.1. The van der Waals surface area contributed by atoms with Gasteiger partial charge in [-0.3, -0.25) is 0 Å². The predicted molar refractivity (Wildman–Crippen MR) is 87.2 cm³/mol. The van der Waals surface area contributed by atoms with Crippen molar-refractivity contribution in [2.45, 2.75) is 13.3 Å². The number of hydrogen-bond donors (Lipinski definition) is 1. The summed E-state index contributed by atoms with van der Waals surface area (Å²) in [5.74, 6) is 2.80. The van der Waals surface area contributed by atoms with E-state index >= 15 is 0 Å². The number of nitrogens with one attached hydrogen (secondary N) is 1. The summed E-state index contributed by atoms with van der Waals surface area (Å²) >= 11 is 3.53. The number of anilines is 1. The maximum absolute atomic E-state index is 5.43. The van der Waals surface area contributed by atoms with Crippen LogP contribution < -0.4 is 14.8 Å². The van der Waals surface area contributed by atoms with E-state index in [1.165, 1.54) is 0 Å². The normalized spacial score (nSPS) is 10.3. The van der Waals surface area contributed by atoms with Crippen molar-refractivity contribution in [2.24, 2.45) is 0 Å². The van der Waals surface area contributed by atoms with Crippen molar-refractivity contribution in [1.82, 2.24) is 9.97 Å². The van der Waals surface area contributed by atoms with Gasteiger partial charge in [0.2, 0.25) is 0 Å². The third kappa shape index (κ3) is 3.10. The van der Waals surface area contributed by atoms with E-state index < -0.39 is 0 Å². The van der Waals surface area contributed by atoms with Crippen molar-refractivity contribution in [3.63, 3.8) is 0 Å². The maximum Gasteiger partial charge on any atom is 0.165 e. The summed E-state index contributed by atoms with van der Waals surface area (Å²) in [7, 11) is 5.08. The lowest BCUT2D eigenvalue weighted by Crippen LogP contribution is -2.03. The Balaban J connectivity index is 2.61. The van der Waals surface area contributed by atoms with Gasteiger partial charge in [-0.2, -0.15) is 0 Å². The minimum Gasteiger partial charge on any atom is -0.497 e. The molecule has 1 aromatic heterocycles. The molecule has 0 aliphatic heterocycles. The van der Waals surface area contributed by atoms with Crippen LogP contribution in [0.2, 0.25) is 0 Å². The molecule has 0 radical (unpaired) electrons. The van der Waals surface area contributed by atoms with Gasteiger partial charge in [0, 0.05) is 13.1 Å². The molecule has 0 fully saturated rings. The SMILES string of the molecule is CCc1nc(-c2ccc(OC)cc2OC)nc(NC)c1Br. The van der Waals surface area contributed by atoms with Crippen LogP contribution in [0, 0.1) is 0 Å². The summed E-state index contributed by atoms with van der Waals surface area (Å²) in [5, 5.41) is 3.08. The molecule has 21 heavy (non-hydrogen) atoms. The van der Waals surface area contributed by atoms with Crippen molar-refractivity contribution in [1.29, 1.82) is 0 Å². The van der Waals surface area contributed by atoms with E-state index in [0.29, 0.717) is 11.6 Å². The molecule has 0 saturated heterocycles. The van der Waals surface area contributed by atoms with Crippen LogP contribution in [-0.4, -0.2) is 31.2 Å². The van der Waals surface area contributed by atoms with Crippen LogP contribution in [0.4, 0.5) is 5.82 Å². The number of aromatic nitrogens is 2. The fraction of sp³-hybridized carbons (Fsp3) is 0.333. The molecule has 2 aromatic rings. The number of aryl methyl sites for hydroxylation is 1. The van der Waals surface area contributed by atoms with Gasteiger partial charge in [-0.05, 0) is 34.5 Å². The van der Waals surface area contributed by atoms with E-state index in [1.54, 1.807) is 14.2 Å². The van der Waals surface area contributed by atoms with Gasteiger partial charge in [0.15, 0.2) is 5.82 Å². The summed E-state index contributed by atoms with van der Waals surface area (Å²) < 4.78 is 11.5. The minimum absolute atomic E-state index is 0.624. The Kier molecular flexibility index (Phi) is 5.01. The number of ether oxygens (including phenoxy) is 2. The molecule has 1 aromatic carbocycles. The first kappa shape index (κ1) is 15.6. The van der Waals surface area contributed by atoms with Gasteiger partial charge in [-0.25, -0.2) is 9.97 Å². The van der Waals surface area contributed by atoms with Gasteiger partial charge < -0.3 is 14.8 Å². The Bertz CT molecular complexity index is 622. The average molecular weight is 352 g/mol. The summed E-state index contributed by atoms with van der Waals surface area (Å²) in [6.07, 6.45) is 0.809. The predicted octanol–water partition coefficient (Wildman–Crippen LogP) is 3.53. The summed E-state index contributed by atoms with van der Waals surface area (Å²) in [5.41, 5.74) is 1.78. The first-order chi connectivity index (χ1) is 10.1. The molecule has 1 N–H and O–H groups in total. The van der Waals surface area contributed by atoms with Crippen molar-refractivity contribution < 1.29 is 9.47 Å². The lowest BCUT2D eigenvalue weighted by Gasteiger charge is -2.13. The number of hydrogen-bond acceptors (Lipinski definition) is 5. The van der Waals surface area contributed by atoms with Crippen molar-refractivity contribution in [3.8, 4) is 22.9 Å². The molecular formula is C15H18BrN3O2. The lowest BCUT2D eigenvalue weighted by atomic mass is 10.1. The number of rotatable bonds is 5. The molecule has 1 heterocycles. The second kappa shape index (κ2) is 6.76. The van der Waals surface area contributed by atoms with Crippen molar-refractivity contribution in [2.75, 3.05) is 26.6 Å². The summed E-state index contributed by atoms with van der Waals surface area (Å²) in [4.78, 5) is 9.16. The smallest absolute Gasteiger partial charge is 0.165 e. The highest BCUT2D eigenvalue weighted by molar-refractivity contribution is 9.10. The number of methoxy groups -OCH3 is 2. The fourth-order valence-corrected chi connectivity index (χ4v) is 2.65. The molecule has 0 aliphatic carbocycles. The second-order valence-corrected chi connectivity index (χ2v) is 5.12. The molecule has 2 rings (SSSR count). The standard InChI is InChI=1S/C15H18BrN3O2/c1-5-11-13(16)15(17-2)19-14(18-11)10-7-6-9(20-3)8-12(10)21-4/h6-8H,5H2,1-4H3,(H,17,18,19). The fourth-order valence-electron chi connectivity index (χ4n) is 2.00. The number of nitrogens with zero attached hydrogens (tertiary/aromatic N) is 2. The molecular weight excluding hydrogens is 334 g/mol. The molecule has 0 spiro atoms. The van der Waals surface area contributed by atoms with E-state index in [0.717, 1.165) is 33.7 Å². The molecule has 0 unspecified atom stereocenters. The Labute approximate surface area is 132 Å². The van der Waals surface area contributed by atoms with E-state index in [2.05, 4.69) is 38.1 Å². The van der Waals surface area contributed by atoms with Crippen LogP contribution in [0.3, 0.4) is 0 Å². The van der Waals surface area contributed by atoms with Crippen molar-refractivity contribution >= 4 is 21.7 Å². The van der Waals surface area contributed by atoms with Gasteiger partial charge in [-0.1, -0.05) is 6.92 Å². The van der Waals surface area contributed by atoms with E-state index in [4.69, 9.17) is 9.47 Å². The highest BCUT2D eigenvalue weighted by Gasteiger charge is 2.15. The zero-order valence-electron chi connectivity index (χ0n) is 12.5. The Hall–Kier alpha value is -1.82. The Morgan fingerprint density at radius 3 is 2.52 bits per heavy atom. The molecule has 0 amide bonds. The third-order valence-corrected chi connectivity index (χ3v) is 3.97. The Morgan fingerprint density at radius 2 is 1.95 bits per heavy atom. The molecule has 5 nitrogen and oxygen atoms in total. The number of halogens is 1. The molecule has 0 bridgehead atoms. The van der Waals surface area contributed by atoms with E-state index in [-0.39, 0.29) is 0 Å². The molecule has 0 atom stereocenters.